The molecule has 5 amide bonds. The van der Waals surface area contributed by atoms with Crippen molar-refractivity contribution in [1.29, 1.82) is 0 Å². The van der Waals surface area contributed by atoms with Gasteiger partial charge in [0.05, 0.1) is 90.8 Å². The fourth-order valence-electron chi connectivity index (χ4n) is 12.5. The third-order valence-corrected chi connectivity index (χ3v) is 18.6. The van der Waals surface area contributed by atoms with Crippen LogP contribution in [0, 0.1) is 39.5 Å². The molecule has 4 aromatic heterocycles. The summed E-state index contributed by atoms with van der Waals surface area (Å²) in [5.74, 6) is -3.28. The largest absolute Gasteiger partial charge is 0.466 e. The molecule has 0 saturated carbocycles. The number of aromatic nitrogens is 8. The molecular weight excluding hydrogens is 1510 g/mol. The summed E-state index contributed by atoms with van der Waals surface area (Å²) in [5.41, 5.74) is 7.92. The van der Waals surface area contributed by atoms with E-state index in [1.54, 1.807) is 139 Å². The van der Waals surface area contributed by atoms with Crippen LogP contribution in [0.4, 0.5) is 49.9 Å². The average molecular weight is 1600 g/mol. The van der Waals surface area contributed by atoms with Crippen LogP contribution in [-0.4, -0.2) is 136 Å². The van der Waals surface area contributed by atoms with Crippen LogP contribution in [-0.2, 0) is 54.3 Å². The minimum absolute atomic E-state index is 0. The summed E-state index contributed by atoms with van der Waals surface area (Å²) in [6, 6.07) is 45.0. The molecule has 5 heterocycles. The van der Waals surface area contributed by atoms with E-state index in [-0.39, 0.29) is 78.1 Å². The Labute approximate surface area is 669 Å². The van der Waals surface area contributed by atoms with E-state index >= 15 is 0 Å². The van der Waals surface area contributed by atoms with E-state index in [2.05, 4.69) is 56.4 Å². The molecule has 0 aliphatic carbocycles. The fraction of sp³-hybridized carbons (Fsp3) is 0.279. The number of benzene rings is 8. The normalized spacial score (nSPS) is 12.3. The summed E-state index contributed by atoms with van der Waals surface area (Å²) in [4.78, 5) is 126. The highest BCUT2D eigenvalue weighted by Crippen LogP contribution is 2.34. The van der Waals surface area contributed by atoms with Gasteiger partial charge < -0.3 is 30.7 Å². The Balaban J connectivity index is 0.000000189. The molecule has 27 nitrogen and oxygen atoms in total. The van der Waals surface area contributed by atoms with Gasteiger partial charge in [-0.15, -0.1) is 0 Å². The molecule has 13 rings (SSSR count). The number of halogens is 4. The molecule has 1 saturated heterocycles. The number of carbonyl (C=O) groups is 5. The number of nitrogens with one attached hydrogen (secondary N) is 6. The Bertz CT molecular complexity index is 5960. The van der Waals surface area contributed by atoms with Gasteiger partial charge in [0.1, 0.15) is 29.0 Å². The first-order valence-corrected chi connectivity index (χ1v) is 36.6. The average Bonchev–Trinajstić information content (AvgIpc) is 0.765. The van der Waals surface area contributed by atoms with E-state index in [0.717, 1.165) is 37.4 Å². The topological polar surface area (TPSA) is 376 Å². The lowest BCUT2D eigenvalue weighted by molar-refractivity contribution is -0.153. The zero-order chi connectivity index (χ0) is 84.3. The molecule has 8 aromatic carbocycles. The highest BCUT2D eigenvalue weighted by molar-refractivity contribution is 6.17. The second-order valence-corrected chi connectivity index (χ2v) is 28.9. The van der Waals surface area contributed by atoms with Gasteiger partial charge in [-0.05, 0) is 157 Å². The van der Waals surface area contributed by atoms with E-state index < -0.39 is 63.5 Å². The monoisotopic (exact) mass is 1600 g/mol. The number of urea groups is 2. The van der Waals surface area contributed by atoms with Crippen molar-refractivity contribution in [3.63, 3.8) is 0 Å². The van der Waals surface area contributed by atoms with Gasteiger partial charge in [-0.3, -0.25) is 38.5 Å². The number of imide groups is 1. The second-order valence-electron chi connectivity index (χ2n) is 28.9. The van der Waals surface area contributed by atoms with Crippen LogP contribution in [0.15, 0.2) is 194 Å². The predicted octanol–water partition coefficient (Wildman–Crippen LogP) is 12.8. The zero-order valence-electron chi connectivity index (χ0n) is 65.6. The van der Waals surface area contributed by atoms with Gasteiger partial charge in [-0.2, -0.15) is 25.4 Å². The zero-order valence-corrected chi connectivity index (χ0v) is 65.6. The Morgan fingerprint density at radius 2 is 0.897 bits per heavy atom. The summed E-state index contributed by atoms with van der Waals surface area (Å²) < 4.78 is 65.8. The van der Waals surface area contributed by atoms with Crippen LogP contribution in [0.3, 0.4) is 0 Å². The lowest BCUT2D eigenvalue weighted by Crippen LogP contribution is -2.59. The predicted molar refractivity (Wildman–Crippen MR) is 441 cm³/mol. The maximum absolute atomic E-state index is 14.7. The van der Waals surface area contributed by atoms with Crippen LogP contribution in [0.2, 0.25) is 0 Å². The first-order chi connectivity index (χ1) is 55.2. The summed E-state index contributed by atoms with van der Waals surface area (Å²) in [5, 5.41) is 37.0. The van der Waals surface area contributed by atoms with E-state index in [1.165, 1.54) is 54.4 Å². The van der Waals surface area contributed by atoms with Crippen molar-refractivity contribution in [2.24, 2.45) is 21.2 Å². The fourth-order valence-corrected chi connectivity index (χ4v) is 12.5. The number of fused-ring (bicyclic) bond motifs is 4. The van der Waals surface area contributed by atoms with Gasteiger partial charge >= 0.3 is 24.0 Å². The molecule has 0 spiro atoms. The summed E-state index contributed by atoms with van der Waals surface area (Å²) in [7, 11) is 4.85. The van der Waals surface area contributed by atoms with E-state index in [1.807, 2.05) is 64.2 Å². The third-order valence-electron chi connectivity index (χ3n) is 18.6. The van der Waals surface area contributed by atoms with Crippen molar-refractivity contribution in [3.05, 3.63) is 280 Å². The van der Waals surface area contributed by atoms with Gasteiger partial charge in [0.15, 0.2) is 0 Å². The lowest BCUT2D eigenvalue weighted by Gasteiger charge is -2.40. The molecule has 117 heavy (non-hydrogen) atoms. The molecule has 0 atom stereocenters. The number of hydrogen-bond acceptors (Lipinski definition) is 19. The number of hydrogen-bond donors (Lipinski definition) is 7. The van der Waals surface area contributed by atoms with Gasteiger partial charge in [-0.25, -0.2) is 57.2 Å². The first kappa shape index (κ1) is 88.9. The molecule has 8 N–H and O–H groups in total. The lowest BCUT2D eigenvalue weighted by atomic mass is 9.88. The minimum atomic E-state index is -0.927. The summed E-state index contributed by atoms with van der Waals surface area (Å²) in [6.45, 7) is 15.7. The maximum atomic E-state index is 14.7. The van der Waals surface area contributed by atoms with Crippen molar-refractivity contribution in [2.75, 3.05) is 69.5 Å². The number of aromatic amines is 4. The molecule has 610 valence electrons. The van der Waals surface area contributed by atoms with Crippen molar-refractivity contribution in [1.82, 2.24) is 56.3 Å². The SMILES string of the molecule is C.CCOC(=O)C(C)(C)CNC.CCOC(=O)C(C)(C)CNC(=O)N(C)c1cc(Cc2n[nH]c(=O)c3ccccc23)ccc1F.CN1CC(C)(C)C(=O)N(c2cc(Cc3n[nH]c(=O)c4ccccc34)ccc2F)C1=O.Nc1cc(Cc2n[nH]c(=O)c3ccccc23)ccc1F.O=C=Nc1cc(Cc2n[nH]c(=O)c3ccccc23)ccc1F. The van der Waals surface area contributed by atoms with Gasteiger partial charge in [0.2, 0.25) is 12.0 Å². The van der Waals surface area contributed by atoms with Gasteiger partial charge in [0.25, 0.3) is 22.2 Å². The molecule has 1 aliphatic heterocycles. The third kappa shape index (κ3) is 22.0. The van der Waals surface area contributed by atoms with Crippen molar-refractivity contribution >= 4 is 102 Å². The Hall–Kier alpha value is -13.7. The molecule has 31 heteroatoms. The quantitative estimate of drug-likeness (QED) is 0.0130. The number of isocyanates is 1. The molecular formula is C86H91F4N15O12. The van der Waals surface area contributed by atoms with Crippen LogP contribution in [0.1, 0.15) is 108 Å². The number of carbonyl (C=O) groups excluding carboxylic acids is 6. The van der Waals surface area contributed by atoms with Crippen LogP contribution in [0.5, 0.6) is 0 Å². The van der Waals surface area contributed by atoms with E-state index in [9.17, 15) is 65.5 Å². The number of rotatable bonds is 19. The van der Waals surface area contributed by atoms with E-state index in [4.69, 9.17) is 15.2 Å². The number of ether oxygens (including phenoxy) is 2. The Kier molecular flexibility index (Phi) is 29.9. The number of esters is 2. The molecule has 1 aliphatic rings. The van der Waals surface area contributed by atoms with Crippen LogP contribution >= 0.6 is 0 Å². The van der Waals surface area contributed by atoms with E-state index in [0.29, 0.717) is 99.4 Å². The number of H-pyrrole nitrogens is 4. The number of nitrogens with two attached hydrogens (primary N) is 1. The highest BCUT2D eigenvalue weighted by atomic mass is 19.1. The van der Waals surface area contributed by atoms with Crippen molar-refractivity contribution in [3.8, 4) is 0 Å². The standard InChI is InChI=1S/C24H27FN4O4.C22H21FN4O3.C16H10FN3O2.C15H12FN3O.C8H17NO2.CH4/c1-5-33-22(31)24(2,3)14-26-23(32)29(4)20-13-15(10-11-18(20)25)12-19-16-8-6-7-9-17(16)21(30)28-27-19;1-22(2)12-26(3)21(30)27(20(22)29)18-11-13(8-9-16(18)23)10-17-14-6-4-5-7-15(14)19(28)25-24-17;17-13-6-5-10(8-15(13)18-9-21)7-14-11-3-1-2-4-12(11)16(22)20-19-14;16-12-6-5-9(7-13(12)17)8-14-10-3-1-2-4-11(10)15(20)19-18-14;1-5-11-7(10)8(2,3)6-9-4;/h6-11,13H,5,12,14H2,1-4H3,(H,26,32)(H,28,30);4-9,11H,10,12H2,1-3H3,(H,25,28);1-6,8H,7H2,(H,20,22);1-7H,8,17H2,(H,19,20);9H,5-6H2,1-4H3;1H4. The van der Waals surface area contributed by atoms with Gasteiger partial charge in [-0.1, -0.05) is 104 Å². The highest BCUT2D eigenvalue weighted by Gasteiger charge is 2.45. The number of amides is 5. The molecule has 0 unspecified atom stereocenters. The summed E-state index contributed by atoms with van der Waals surface area (Å²) in [6.07, 6.45) is 2.79. The van der Waals surface area contributed by atoms with Crippen molar-refractivity contribution in [2.45, 2.75) is 88.5 Å². The smallest absolute Gasteiger partial charge is 0.331 e. The molecule has 0 bridgehead atoms. The molecule has 1 fully saturated rings. The maximum Gasteiger partial charge on any atom is 0.331 e. The second kappa shape index (κ2) is 39.4. The van der Waals surface area contributed by atoms with Crippen LogP contribution in [0.25, 0.3) is 43.1 Å². The molecule has 12 aromatic rings. The number of nitrogens with zero attached hydrogens (tertiary/aromatic N) is 8. The molecule has 0 radical (unpaired) electrons. The summed E-state index contributed by atoms with van der Waals surface area (Å²) >= 11 is 0. The number of anilines is 3. The number of nitrogen functional groups attached to an aromatic ring is 1. The van der Waals surface area contributed by atoms with Crippen molar-refractivity contribution < 1.29 is 55.8 Å². The number of aliphatic imine (C=N–C) groups is 1. The Morgan fingerprint density at radius 1 is 0.538 bits per heavy atom. The van der Waals surface area contributed by atoms with Gasteiger partial charge in [0, 0.05) is 81.0 Å². The first-order valence-electron chi connectivity index (χ1n) is 36.6. The Morgan fingerprint density at radius 3 is 1.29 bits per heavy atom. The van der Waals surface area contributed by atoms with Crippen LogP contribution < -0.4 is 48.4 Å². The minimum Gasteiger partial charge on any atom is -0.466 e.